The predicted octanol–water partition coefficient (Wildman–Crippen LogP) is 1.81. The molecule has 1 heterocycles. The number of anilines is 2. The molecule has 1 rings (SSSR count). The molecule has 0 unspecified atom stereocenters. The standard InChI is InChI=1S/C10H15N3OS/c1-6(2)3-4-13-8-5-7(11)9(15-8)10(12)14/h3,5,13H,4,11H2,1-2H3,(H2,12,14). The van der Waals surface area contributed by atoms with E-state index in [4.69, 9.17) is 11.5 Å². The van der Waals surface area contributed by atoms with Crippen molar-refractivity contribution in [2.24, 2.45) is 5.73 Å². The maximum absolute atomic E-state index is 10.9. The summed E-state index contributed by atoms with van der Waals surface area (Å²) in [6, 6.07) is 1.73. The number of rotatable bonds is 4. The van der Waals surface area contributed by atoms with E-state index in [1.54, 1.807) is 6.07 Å². The summed E-state index contributed by atoms with van der Waals surface area (Å²) in [4.78, 5) is 11.3. The van der Waals surface area contributed by atoms with E-state index in [0.29, 0.717) is 10.6 Å². The molecule has 0 saturated carbocycles. The van der Waals surface area contributed by atoms with Crippen molar-refractivity contribution < 1.29 is 4.79 Å². The van der Waals surface area contributed by atoms with Gasteiger partial charge in [0.05, 0.1) is 10.7 Å². The molecule has 0 radical (unpaired) electrons. The first-order valence-electron chi connectivity index (χ1n) is 4.57. The highest BCUT2D eigenvalue weighted by Gasteiger charge is 2.10. The van der Waals surface area contributed by atoms with Crippen LogP contribution in [0.15, 0.2) is 17.7 Å². The van der Waals surface area contributed by atoms with Crippen LogP contribution < -0.4 is 16.8 Å². The van der Waals surface area contributed by atoms with Crippen LogP contribution in [0.1, 0.15) is 23.5 Å². The second kappa shape index (κ2) is 4.84. The third-order valence-electron chi connectivity index (χ3n) is 1.77. The van der Waals surface area contributed by atoms with Crippen molar-refractivity contribution in [3.05, 3.63) is 22.6 Å². The van der Waals surface area contributed by atoms with E-state index in [0.717, 1.165) is 11.5 Å². The van der Waals surface area contributed by atoms with Crippen LogP contribution in [0.5, 0.6) is 0 Å². The Balaban J connectivity index is 2.68. The Morgan fingerprint density at radius 1 is 1.60 bits per heavy atom. The topological polar surface area (TPSA) is 81.1 Å². The molecule has 15 heavy (non-hydrogen) atoms. The summed E-state index contributed by atoms with van der Waals surface area (Å²) in [6.07, 6.45) is 2.06. The molecule has 5 heteroatoms. The minimum Gasteiger partial charge on any atom is -0.397 e. The summed E-state index contributed by atoms with van der Waals surface area (Å²) in [6.45, 7) is 4.78. The zero-order valence-electron chi connectivity index (χ0n) is 8.83. The Labute approximate surface area is 93.0 Å². The fourth-order valence-corrected chi connectivity index (χ4v) is 1.88. The first kappa shape index (κ1) is 11.6. The van der Waals surface area contributed by atoms with Gasteiger partial charge in [-0.3, -0.25) is 4.79 Å². The van der Waals surface area contributed by atoms with Crippen molar-refractivity contribution in [1.29, 1.82) is 0 Å². The SMILES string of the molecule is CC(C)=CCNc1cc(N)c(C(N)=O)s1. The van der Waals surface area contributed by atoms with E-state index in [-0.39, 0.29) is 0 Å². The Bertz CT molecular complexity index is 391. The number of nitrogen functional groups attached to an aromatic ring is 1. The van der Waals surface area contributed by atoms with Gasteiger partial charge in [0.15, 0.2) is 0 Å². The summed E-state index contributed by atoms with van der Waals surface area (Å²) in [5.74, 6) is -0.479. The number of nitrogens with two attached hydrogens (primary N) is 2. The van der Waals surface area contributed by atoms with E-state index in [1.807, 2.05) is 13.8 Å². The average Bonchev–Trinajstić information content (AvgIpc) is 2.46. The Morgan fingerprint density at radius 2 is 2.27 bits per heavy atom. The molecule has 1 aromatic heterocycles. The van der Waals surface area contributed by atoms with Crippen LogP contribution in [0.2, 0.25) is 0 Å². The van der Waals surface area contributed by atoms with E-state index >= 15 is 0 Å². The maximum Gasteiger partial charge on any atom is 0.260 e. The number of carbonyl (C=O) groups is 1. The highest BCUT2D eigenvalue weighted by atomic mass is 32.1. The number of hydrogen-bond acceptors (Lipinski definition) is 4. The lowest BCUT2D eigenvalue weighted by molar-refractivity contribution is 0.100. The van der Waals surface area contributed by atoms with E-state index < -0.39 is 5.91 Å². The minimum absolute atomic E-state index is 0.412. The largest absolute Gasteiger partial charge is 0.397 e. The van der Waals surface area contributed by atoms with Gasteiger partial charge in [0.2, 0.25) is 0 Å². The molecule has 0 aromatic carbocycles. The number of carbonyl (C=O) groups excluding carboxylic acids is 1. The van der Waals surface area contributed by atoms with Gasteiger partial charge in [-0.1, -0.05) is 11.6 Å². The van der Waals surface area contributed by atoms with E-state index in [1.165, 1.54) is 16.9 Å². The van der Waals surface area contributed by atoms with Crippen LogP contribution in [-0.4, -0.2) is 12.5 Å². The summed E-state index contributed by atoms with van der Waals surface area (Å²) >= 11 is 1.28. The van der Waals surface area contributed by atoms with Crippen LogP contribution in [0.3, 0.4) is 0 Å². The Hall–Kier alpha value is -1.49. The average molecular weight is 225 g/mol. The second-order valence-electron chi connectivity index (χ2n) is 3.42. The third-order valence-corrected chi connectivity index (χ3v) is 2.89. The van der Waals surface area contributed by atoms with Crippen molar-refractivity contribution >= 4 is 27.9 Å². The molecule has 1 amide bonds. The molecule has 5 N–H and O–H groups in total. The molecule has 0 saturated heterocycles. The summed E-state index contributed by atoms with van der Waals surface area (Å²) in [5, 5.41) is 4.01. The summed E-state index contributed by atoms with van der Waals surface area (Å²) in [7, 11) is 0. The van der Waals surface area contributed by atoms with Gasteiger partial charge in [0.1, 0.15) is 4.88 Å². The minimum atomic E-state index is -0.479. The van der Waals surface area contributed by atoms with Gasteiger partial charge in [-0.15, -0.1) is 11.3 Å². The lowest BCUT2D eigenvalue weighted by Gasteiger charge is -1.98. The number of primary amides is 1. The van der Waals surface area contributed by atoms with Crippen LogP contribution in [0, 0.1) is 0 Å². The zero-order valence-corrected chi connectivity index (χ0v) is 9.65. The number of hydrogen-bond donors (Lipinski definition) is 3. The van der Waals surface area contributed by atoms with Gasteiger partial charge >= 0.3 is 0 Å². The first-order chi connectivity index (χ1) is 7.00. The number of amides is 1. The molecule has 1 aromatic rings. The van der Waals surface area contributed by atoms with Gasteiger partial charge in [-0.2, -0.15) is 0 Å². The molecular weight excluding hydrogens is 210 g/mol. The number of nitrogens with one attached hydrogen (secondary N) is 1. The molecule has 0 atom stereocenters. The summed E-state index contributed by atoms with van der Waals surface area (Å²) < 4.78 is 0. The molecular formula is C10H15N3OS. The van der Waals surface area contributed by atoms with Crippen molar-refractivity contribution in [2.75, 3.05) is 17.6 Å². The van der Waals surface area contributed by atoms with Crippen LogP contribution in [0.25, 0.3) is 0 Å². The van der Waals surface area contributed by atoms with E-state index in [2.05, 4.69) is 11.4 Å². The highest BCUT2D eigenvalue weighted by molar-refractivity contribution is 7.18. The van der Waals surface area contributed by atoms with Crippen molar-refractivity contribution in [2.45, 2.75) is 13.8 Å². The Morgan fingerprint density at radius 3 is 2.73 bits per heavy atom. The lowest BCUT2D eigenvalue weighted by atomic mass is 10.3. The van der Waals surface area contributed by atoms with Crippen molar-refractivity contribution in [3.8, 4) is 0 Å². The van der Waals surface area contributed by atoms with Crippen LogP contribution in [-0.2, 0) is 0 Å². The van der Waals surface area contributed by atoms with Crippen LogP contribution >= 0.6 is 11.3 Å². The lowest BCUT2D eigenvalue weighted by Crippen LogP contribution is -2.10. The van der Waals surface area contributed by atoms with Gasteiger partial charge in [-0.05, 0) is 19.9 Å². The molecule has 0 aliphatic carbocycles. The van der Waals surface area contributed by atoms with Gasteiger partial charge in [0.25, 0.3) is 5.91 Å². The molecule has 0 bridgehead atoms. The summed E-state index contributed by atoms with van der Waals surface area (Å²) in [5.41, 5.74) is 12.5. The molecule has 4 nitrogen and oxygen atoms in total. The predicted molar refractivity (Wildman–Crippen MR) is 65.2 cm³/mol. The number of allylic oxidation sites excluding steroid dienone is 1. The normalized spacial score (nSPS) is 9.73. The monoisotopic (exact) mass is 225 g/mol. The smallest absolute Gasteiger partial charge is 0.260 e. The molecule has 0 aliphatic rings. The van der Waals surface area contributed by atoms with Gasteiger partial charge < -0.3 is 16.8 Å². The second-order valence-corrected chi connectivity index (χ2v) is 4.47. The molecule has 0 spiro atoms. The Kier molecular flexibility index (Phi) is 3.74. The zero-order chi connectivity index (χ0) is 11.4. The fourth-order valence-electron chi connectivity index (χ4n) is 1.04. The highest BCUT2D eigenvalue weighted by Crippen LogP contribution is 2.28. The van der Waals surface area contributed by atoms with E-state index in [9.17, 15) is 4.79 Å². The maximum atomic E-state index is 10.9. The number of thiophene rings is 1. The fraction of sp³-hybridized carbons (Fsp3) is 0.300. The molecule has 82 valence electrons. The quantitative estimate of drug-likeness (QED) is 0.683. The van der Waals surface area contributed by atoms with Crippen molar-refractivity contribution in [3.63, 3.8) is 0 Å². The van der Waals surface area contributed by atoms with Crippen molar-refractivity contribution in [1.82, 2.24) is 0 Å². The first-order valence-corrected chi connectivity index (χ1v) is 5.38. The van der Waals surface area contributed by atoms with Crippen LogP contribution in [0.4, 0.5) is 10.7 Å². The molecule has 0 aliphatic heterocycles. The third kappa shape index (κ3) is 3.28. The van der Waals surface area contributed by atoms with Gasteiger partial charge in [-0.25, -0.2) is 0 Å². The molecule has 0 fully saturated rings. The van der Waals surface area contributed by atoms with Gasteiger partial charge in [0, 0.05) is 6.54 Å².